The fraction of sp³-hybridized carbons (Fsp3) is 0.400. The Balaban J connectivity index is 1.55. The summed E-state index contributed by atoms with van der Waals surface area (Å²) in [5, 5.41) is 5.47. The van der Waals surface area contributed by atoms with Crippen molar-refractivity contribution in [3.63, 3.8) is 0 Å². The Labute approximate surface area is 275 Å². The van der Waals surface area contributed by atoms with Gasteiger partial charge in [-0.1, -0.05) is 68.4 Å². The van der Waals surface area contributed by atoms with Gasteiger partial charge in [-0.15, -0.1) is 0 Å². The summed E-state index contributed by atoms with van der Waals surface area (Å²) in [5.74, 6) is 0.416. The van der Waals surface area contributed by atoms with Gasteiger partial charge in [-0.05, 0) is 58.1 Å². The van der Waals surface area contributed by atoms with Gasteiger partial charge in [0.15, 0.2) is 5.82 Å². The standard InChI is InChI=1S/C35H44N5O6P/c1-8-43-21-29-38-31-32(26-17-11-12-18-27(26)37-33(31)36)40(29)20-23(4)45-47(42,39-30(22(2)3)34(41)44-35(5,6)7)46-28-19-13-15-24-14-9-10-16-25(24)28/h9-19,22-23,30H,8,20-21H2,1-7H3,(H2,36,37)(H,39,42)/t23-,30+,47+/m1/s1. The molecule has 47 heavy (non-hydrogen) atoms. The van der Waals surface area contributed by atoms with Crippen molar-refractivity contribution in [2.75, 3.05) is 12.3 Å². The Morgan fingerprint density at radius 3 is 2.36 bits per heavy atom. The summed E-state index contributed by atoms with van der Waals surface area (Å²) in [6.07, 6.45) is -0.708. The van der Waals surface area contributed by atoms with Gasteiger partial charge in [0, 0.05) is 17.4 Å². The van der Waals surface area contributed by atoms with E-state index in [4.69, 9.17) is 29.2 Å². The molecule has 11 nitrogen and oxygen atoms in total. The molecule has 5 rings (SSSR count). The van der Waals surface area contributed by atoms with Crippen LogP contribution in [0.1, 0.15) is 54.3 Å². The smallest absolute Gasteiger partial charge is 0.459 e. The number of hydrogen-bond donors (Lipinski definition) is 2. The van der Waals surface area contributed by atoms with Crippen molar-refractivity contribution in [2.45, 2.75) is 79.4 Å². The predicted molar refractivity (Wildman–Crippen MR) is 185 cm³/mol. The molecule has 0 fully saturated rings. The van der Waals surface area contributed by atoms with E-state index < -0.39 is 31.5 Å². The van der Waals surface area contributed by atoms with Crippen LogP contribution in [0, 0.1) is 5.92 Å². The average molecular weight is 662 g/mol. The van der Waals surface area contributed by atoms with Gasteiger partial charge in [0.25, 0.3) is 0 Å². The van der Waals surface area contributed by atoms with E-state index in [9.17, 15) is 9.36 Å². The molecule has 0 amide bonds. The number of aromatic nitrogens is 3. The quantitative estimate of drug-likeness (QED) is 0.0969. The molecule has 0 saturated heterocycles. The first-order chi connectivity index (χ1) is 22.3. The first kappa shape index (κ1) is 34.3. The summed E-state index contributed by atoms with van der Waals surface area (Å²) in [4.78, 5) is 22.7. The summed E-state index contributed by atoms with van der Waals surface area (Å²) in [5.41, 5.74) is 7.66. The molecule has 0 saturated carbocycles. The second-order valence-corrected chi connectivity index (χ2v) is 14.5. The number of nitrogens with one attached hydrogen (secondary N) is 1. The monoisotopic (exact) mass is 661 g/mol. The van der Waals surface area contributed by atoms with Crippen LogP contribution in [0.25, 0.3) is 32.7 Å². The zero-order valence-corrected chi connectivity index (χ0v) is 28.9. The van der Waals surface area contributed by atoms with E-state index in [1.807, 2.05) is 86.0 Å². The molecule has 5 aromatic rings. The maximum Gasteiger partial charge on any atom is 0.459 e. The summed E-state index contributed by atoms with van der Waals surface area (Å²) < 4.78 is 40.9. The van der Waals surface area contributed by atoms with Gasteiger partial charge in [0.2, 0.25) is 0 Å². The average Bonchev–Trinajstić information content (AvgIpc) is 3.36. The fourth-order valence-electron chi connectivity index (χ4n) is 5.43. The Morgan fingerprint density at radius 1 is 0.979 bits per heavy atom. The highest BCUT2D eigenvalue weighted by Gasteiger charge is 2.39. The minimum atomic E-state index is -4.26. The number of nitrogen functional groups attached to an aromatic ring is 1. The SMILES string of the molecule is CCOCc1nc2c(N)nc3ccccc3c2n1C[C@@H](C)O[P@@](=O)(N[C@H](C(=O)OC(C)(C)C)C(C)C)Oc1cccc2ccccc12. The first-order valence-corrected chi connectivity index (χ1v) is 17.4. The zero-order valence-electron chi connectivity index (χ0n) is 28.0. The number of carbonyl (C=O) groups is 1. The van der Waals surface area contributed by atoms with Crippen LogP contribution in [0.15, 0.2) is 66.7 Å². The van der Waals surface area contributed by atoms with Crippen LogP contribution in [0.5, 0.6) is 5.75 Å². The van der Waals surface area contributed by atoms with Crippen molar-refractivity contribution in [3.8, 4) is 5.75 Å². The fourth-order valence-corrected chi connectivity index (χ4v) is 7.28. The summed E-state index contributed by atoms with van der Waals surface area (Å²) in [6, 6.07) is 19.8. The maximum absolute atomic E-state index is 14.9. The molecule has 0 aliphatic carbocycles. The Morgan fingerprint density at radius 2 is 1.66 bits per heavy atom. The molecule has 2 heterocycles. The summed E-state index contributed by atoms with van der Waals surface area (Å²) in [6.45, 7) is 13.7. The maximum atomic E-state index is 14.9. The second kappa shape index (κ2) is 14.0. The molecule has 0 spiro atoms. The number of anilines is 1. The van der Waals surface area contributed by atoms with Crippen molar-refractivity contribution in [3.05, 3.63) is 72.6 Å². The Hall–Kier alpha value is -4.02. The van der Waals surface area contributed by atoms with Gasteiger partial charge in [-0.25, -0.2) is 14.5 Å². The van der Waals surface area contributed by atoms with E-state index in [1.54, 1.807) is 33.8 Å². The van der Waals surface area contributed by atoms with Gasteiger partial charge in [0.1, 0.15) is 35.3 Å². The van der Waals surface area contributed by atoms with E-state index in [0.29, 0.717) is 29.5 Å². The molecule has 250 valence electrons. The normalized spacial score (nSPS) is 14.8. The van der Waals surface area contributed by atoms with Gasteiger partial charge in [-0.3, -0.25) is 9.32 Å². The molecule has 3 atom stereocenters. The molecule has 3 N–H and O–H groups in total. The molecule has 0 radical (unpaired) electrons. The van der Waals surface area contributed by atoms with Crippen LogP contribution in [0.2, 0.25) is 0 Å². The molecule has 3 aromatic carbocycles. The van der Waals surface area contributed by atoms with E-state index in [2.05, 4.69) is 10.1 Å². The minimum absolute atomic E-state index is 0.218. The van der Waals surface area contributed by atoms with Crippen LogP contribution in [0.4, 0.5) is 5.82 Å². The van der Waals surface area contributed by atoms with Gasteiger partial charge < -0.3 is 24.3 Å². The molecule has 0 bridgehead atoms. The number of para-hydroxylation sites is 1. The van der Waals surface area contributed by atoms with Gasteiger partial charge in [0.05, 0.1) is 23.7 Å². The molecule has 12 heteroatoms. The number of pyridine rings is 1. The third kappa shape index (κ3) is 7.93. The lowest BCUT2D eigenvalue weighted by Crippen LogP contribution is -2.44. The lowest BCUT2D eigenvalue weighted by molar-refractivity contribution is -0.158. The lowest BCUT2D eigenvalue weighted by atomic mass is 10.1. The highest BCUT2D eigenvalue weighted by molar-refractivity contribution is 7.52. The van der Waals surface area contributed by atoms with Crippen molar-refractivity contribution in [1.82, 2.24) is 19.6 Å². The van der Waals surface area contributed by atoms with Crippen molar-refractivity contribution in [2.24, 2.45) is 5.92 Å². The first-order valence-electron chi connectivity index (χ1n) is 15.9. The van der Waals surface area contributed by atoms with Crippen LogP contribution < -0.4 is 15.3 Å². The third-order valence-corrected chi connectivity index (χ3v) is 9.14. The largest absolute Gasteiger partial charge is 0.459 e. The topological polar surface area (TPSA) is 140 Å². The van der Waals surface area contributed by atoms with E-state index in [0.717, 1.165) is 27.2 Å². The number of rotatable bonds is 13. The number of nitrogens with zero attached hydrogens (tertiary/aromatic N) is 3. The molecule has 2 aromatic heterocycles. The minimum Gasteiger partial charge on any atom is -0.459 e. The number of benzene rings is 3. The number of hydrogen-bond acceptors (Lipinski definition) is 9. The Bertz CT molecular complexity index is 1930. The van der Waals surface area contributed by atoms with Crippen LogP contribution in [-0.4, -0.2) is 44.9 Å². The van der Waals surface area contributed by atoms with Crippen molar-refractivity contribution < 1.29 is 27.9 Å². The zero-order chi connectivity index (χ0) is 33.9. The molecule has 0 aliphatic rings. The second-order valence-electron chi connectivity index (χ2n) is 12.9. The number of imidazole rings is 1. The van der Waals surface area contributed by atoms with Crippen molar-refractivity contribution >= 4 is 52.2 Å². The van der Waals surface area contributed by atoms with Crippen molar-refractivity contribution in [1.29, 1.82) is 0 Å². The summed E-state index contributed by atoms with van der Waals surface area (Å²) >= 11 is 0. The van der Waals surface area contributed by atoms with Crippen LogP contribution >= 0.6 is 7.75 Å². The number of carbonyl (C=O) groups excluding carboxylic acids is 1. The lowest BCUT2D eigenvalue weighted by Gasteiger charge is -2.31. The van der Waals surface area contributed by atoms with E-state index >= 15 is 0 Å². The number of nitrogens with two attached hydrogens (primary N) is 1. The summed E-state index contributed by atoms with van der Waals surface area (Å²) in [7, 11) is -4.26. The molecular formula is C35H44N5O6P. The van der Waals surface area contributed by atoms with Crippen LogP contribution in [-0.2, 0) is 36.5 Å². The molecular weight excluding hydrogens is 617 g/mol. The highest BCUT2D eigenvalue weighted by Crippen LogP contribution is 2.48. The van der Waals surface area contributed by atoms with E-state index in [1.165, 1.54) is 0 Å². The predicted octanol–water partition coefficient (Wildman–Crippen LogP) is 7.40. The molecule has 0 aliphatic heterocycles. The highest BCUT2D eigenvalue weighted by atomic mass is 31.2. The number of ether oxygens (including phenoxy) is 2. The third-order valence-electron chi connectivity index (χ3n) is 7.48. The number of esters is 1. The van der Waals surface area contributed by atoms with Gasteiger partial charge in [-0.2, -0.15) is 5.09 Å². The molecule has 0 unspecified atom stereocenters. The van der Waals surface area contributed by atoms with E-state index in [-0.39, 0.29) is 19.1 Å². The Kier molecular flexibility index (Phi) is 10.2. The van der Waals surface area contributed by atoms with Crippen LogP contribution in [0.3, 0.4) is 0 Å². The number of fused-ring (bicyclic) bond motifs is 4. The van der Waals surface area contributed by atoms with Gasteiger partial charge >= 0.3 is 13.7 Å².